The summed E-state index contributed by atoms with van der Waals surface area (Å²) in [6.45, 7) is 10.5. The molecule has 1 aliphatic heterocycles. The van der Waals surface area contributed by atoms with Gasteiger partial charge in [0.1, 0.15) is 11.9 Å². The molecule has 0 saturated carbocycles. The molecule has 1 aliphatic rings. The highest BCUT2D eigenvalue weighted by molar-refractivity contribution is 5.56. The Labute approximate surface area is 120 Å². The standard InChI is InChI=1S/C15H22N4O/c1-11-8-12(2)17-15(14(11)9-16)18-13(3)10-19-4-6-20-7-5-19/h8,13H,4-7,10H2,1-3H3,(H,17,18). The van der Waals surface area contributed by atoms with Gasteiger partial charge in [0.15, 0.2) is 0 Å². The van der Waals surface area contributed by atoms with Crippen molar-refractivity contribution in [3.8, 4) is 6.07 Å². The first-order valence-electron chi connectivity index (χ1n) is 7.05. The number of pyridine rings is 1. The van der Waals surface area contributed by atoms with Gasteiger partial charge in [0.25, 0.3) is 0 Å². The zero-order valence-corrected chi connectivity index (χ0v) is 12.4. The lowest BCUT2D eigenvalue weighted by molar-refractivity contribution is 0.0368. The molecule has 0 bridgehead atoms. The van der Waals surface area contributed by atoms with Crippen LogP contribution in [-0.4, -0.2) is 48.8 Å². The fraction of sp³-hybridized carbons (Fsp3) is 0.600. The molecule has 1 unspecified atom stereocenters. The second-order valence-corrected chi connectivity index (χ2v) is 5.37. The number of nitrogens with zero attached hydrogens (tertiary/aromatic N) is 3. The maximum atomic E-state index is 9.27. The molecule has 5 heteroatoms. The van der Waals surface area contributed by atoms with Crippen molar-refractivity contribution in [3.63, 3.8) is 0 Å². The van der Waals surface area contributed by atoms with E-state index in [4.69, 9.17) is 4.74 Å². The van der Waals surface area contributed by atoms with Gasteiger partial charge in [-0.1, -0.05) is 0 Å². The summed E-state index contributed by atoms with van der Waals surface area (Å²) in [7, 11) is 0. The third-order valence-electron chi connectivity index (χ3n) is 3.48. The molecule has 2 rings (SSSR count). The summed E-state index contributed by atoms with van der Waals surface area (Å²) in [6, 6.07) is 4.43. The molecule has 5 nitrogen and oxygen atoms in total. The first kappa shape index (κ1) is 14.8. The average Bonchev–Trinajstić information content (AvgIpc) is 2.39. The molecule has 1 saturated heterocycles. The lowest BCUT2D eigenvalue weighted by atomic mass is 10.1. The van der Waals surface area contributed by atoms with Crippen LogP contribution in [0.5, 0.6) is 0 Å². The van der Waals surface area contributed by atoms with Crippen LogP contribution >= 0.6 is 0 Å². The van der Waals surface area contributed by atoms with Crippen molar-refractivity contribution >= 4 is 5.82 Å². The van der Waals surface area contributed by atoms with Crippen LogP contribution in [0, 0.1) is 25.2 Å². The van der Waals surface area contributed by atoms with E-state index < -0.39 is 0 Å². The second kappa shape index (κ2) is 6.69. The lowest BCUT2D eigenvalue weighted by Crippen LogP contribution is -2.42. The monoisotopic (exact) mass is 274 g/mol. The maximum absolute atomic E-state index is 9.27. The first-order chi connectivity index (χ1) is 9.60. The summed E-state index contributed by atoms with van der Waals surface area (Å²) in [5, 5.41) is 12.6. The van der Waals surface area contributed by atoms with E-state index in [0.29, 0.717) is 11.4 Å². The van der Waals surface area contributed by atoms with E-state index in [1.54, 1.807) is 0 Å². The molecular weight excluding hydrogens is 252 g/mol. The van der Waals surface area contributed by atoms with Gasteiger partial charge in [-0.25, -0.2) is 4.98 Å². The van der Waals surface area contributed by atoms with E-state index in [-0.39, 0.29) is 6.04 Å². The van der Waals surface area contributed by atoms with Gasteiger partial charge in [-0.15, -0.1) is 0 Å². The number of rotatable bonds is 4. The van der Waals surface area contributed by atoms with E-state index >= 15 is 0 Å². The molecule has 20 heavy (non-hydrogen) atoms. The highest BCUT2D eigenvalue weighted by Gasteiger charge is 2.16. The molecule has 1 N–H and O–H groups in total. The number of morpholine rings is 1. The number of hydrogen-bond donors (Lipinski definition) is 1. The van der Waals surface area contributed by atoms with Crippen LogP contribution in [0.3, 0.4) is 0 Å². The minimum absolute atomic E-state index is 0.244. The summed E-state index contributed by atoms with van der Waals surface area (Å²) < 4.78 is 5.35. The van der Waals surface area contributed by atoms with Gasteiger partial charge in [-0.2, -0.15) is 5.26 Å². The molecule has 1 aromatic rings. The minimum Gasteiger partial charge on any atom is -0.379 e. The van der Waals surface area contributed by atoms with Crippen molar-refractivity contribution in [2.75, 3.05) is 38.2 Å². The summed E-state index contributed by atoms with van der Waals surface area (Å²) in [5.41, 5.74) is 2.55. The molecule has 1 aromatic heterocycles. The van der Waals surface area contributed by atoms with Crippen LogP contribution in [0.2, 0.25) is 0 Å². The molecule has 2 heterocycles. The Hall–Kier alpha value is -1.64. The number of hydrogen-bond acceptors (Lipinski definition) is 5. The van der Waals surface area contributed by atoms with Crippen LogP contribution in [0.4, 0.5) is 5.82 Å². The molecular formula is C15H22N4O. The third kappa shape index (κ3) is 3.69. The number of ether oxygens (including phenoxy) is 1. The lowest BCUT2D eigenvalue weighted by Gasteiger charge is -2.29. The highest BCUT2D eigenvalue weighted by atomic mass is 16.5. The quantitative estimate of drug-likeness (QED) is 0.905. The molecule has 0 spiro atoms. The zero-order valence-electron chi connectivity index (χ0n) is 12.4. The Kier molecular flexibility index (Phi) is 4.94. The number of anilines is 1. The van der Waals surface area contributed by atoms with Crippen molar-refractivity contribution in [2.24, 2.45) is 0 Å². The highest BCUT2D eigenvalue weighted by Crippen LogP contribution is 2.18. The van der Waals surface area contributed by atoms with Gasteiger partial charge < -0.3 is 10.1 Å². The SMILES string of the molecule is Cc1cc(C)c(C#N)c(NC(C)CN2CCOCC2)n1. The van der Waals surface area contributed by atoms with Gasteiger partial charge in [0.05, 0.1) is 18.8 Å². The summed E-state index contributed by atoms with van der Waals surface area (Å²) in [5.74, 6) is 0.700. The van der Waals surface area contributed by atoms with Crippen LogP contribution in [-0.2, 0) is 4.74 Å². The van der Waals surface area contributed by atoms with E-state index in [1.807, 2.05) is 19.9 Å². The molecule has 108 valence electrons. The fourth-order valence-electron chi connectivity index (χ4n) is 2.53. The Morgan fingerprint density at radius 1 is 1.45 bits per heavy atom. The van der Waals surface area contributed by atoms with Gasteiger partial charge in [0.2, 0.25) is 0 Å². The van der Waals surface area contributed by atoms with Crippen molar-refractivity contribution in [2.45, 2.75) is 26.8 Å². The van der Waals surface area contributed by atoms with E-state index in [9.17, 15) is 5.26 Å². The van der Waals surface area contributed by atoms with E-state index in [2.05, 4.69) is 28.2 Å². The Balaban J connectivity index is 2.03. The van der Waals surface area contributed by atoms with Gasteiger partial charge >= 0.3 is 0 Å². The van der Waals surface area contributed by atoms with E-state index in [1.165, 1.54) is 0 Å². The predicted octanol–water partition coefficient (Wildman–Crippen LogP) is 1.70. The summed E-state index contributed by atoms with van der Waals surface area (Å²) in [6.07, 6.45) is 0. The smallest absolute Gasteiger partial charge is 0.144 e. The van der Waals surface area contributed by atoms with E-state index in [0.717, 1.165) is 44.1 Å². The average molecular weight is 274 g/mol. The summed E-state index contributed by atoms with van der Waals surface area (Å²) in [4.78, 5) is 6.83. The molecule has 0 aliphatic carbocycles. The Bertz CT molecular complexity index is 503. The van der Waals surface area contributed by atoms with Crippen molar-refractivity contribution in [3.05, 3.63) is 22.9 Å². The predicted molar refractivity (Wildman–Crippen MR) is 78.8 cm³/mol. The zero-order chi connectivity index (χ0) is 14.5. The molecule has 1 atom stereocenters. The fourth-order valence-corrected chi connectivity index (χ4v) is 2.53. The topological polar surface area (TPSA) is 61.2 Å². The van der Waals surface area contributed by atoms with Crippen molar-refractivity contribution < 1.29 is 4.74 Å². The van der Waals surface area contributed by atoms with Gasteiger partial charge in [0, 0.05) is 31.4 Å². The molecule has 0 radical (unpaired) electrons. The molecule has 0 aromatic carbocycles. The van der Waals surface area contributed by atoms with Crippen LogP contribution in [0.1, 0.15) is 23.7 Å². The van der Waals surface area contributed by atoms with Crippen LogP contribution in [0.25, 0.3) is 0 Å². The Morgan fingerprint density at radius 3 is 2.80 bits per heavy atom. The van der Waals surface area contributed by atoms with Crippen molar-refractivity contribution in [1.82, 2.24) is 9.88 Å². The second-order valence-electron chi connectivity index (χ2n) is 5.37. The molecule has 0 amide bonds. The van der Waals surface area contributed by atoms with Gasteiger partial charge in [-0.05, 0) is 32.4 Å². The maximum Gasteiger partial charge on any atom is 0.144 e. The molecule has 1 fully saturated rings. The number of aromatic nitrogens is 1. The largest absolute Gasteiger partial charge is 0.379 e. The number of nitrogens with one attached hydrogen (secondary N) is 1. The normalized spacial score (nSPS) is 17.5. The van der Waals surface area contributed by atoms with Crippen LogP contribution < -0.4 is 5.32 Å². The Morgan fingerprint density at radius 2 is 2.15 bits per heavy atom. The first-order valence-corrected chi connectivity index (χ1v) is 7.05. The van der Waals surface area contributed by atoms with Gasteiger partial charge in [-0.3, -0.25) is 4.90 Å². The number of nitriles is 1. The third-order valence-corrected chi connectivity index (χ3v) is 3.48. The van der Waals surface area contributed by atoms with Crippen molar-refractivity contribution in [1.29, 1.82) is 5.26 Å². The minimum atomic E-state index is 0.244. The summed E-state index contributed by atoms with van der Waals surface area (Å²) >= 11 is 0. The number of aryl methyl sites for hydroxylation is 2. The van der Waals surface area contributed by atoms with Crippen LogP contribution in [0.15, 0.2) is 6.07 Å².